The number of amides is 2. The van der Waals surface area contributed by atoms with Crippen molar-refractivity contribution in [3.63, 3.8) is 0 Å². The molecule has 0 bridgehead atoms. The van der Waals surface area contributed by atoms with E-state index in [4.69, 9.17) is 4.74 Å². The van der Waals surface area contributed by atoms with Gasteiger partial charge in [0.25, 0.3) is 11.8 Å². The predicted octanol–water partition coefficient (Wildman–Crippen LogP) is 3.67. The van der Waals surface area contributed by atoms with Crippen LogP contribution in [0, 0.1) is 11.3 Å². The molecular formula is C23H23N3O3. The molecule has 0 saturated heterocycles. The minimum absolute atomic E-state index is 0.0767. The molecule has 0 spiro atoms. The summed E-state index contributed by atoms with van der Waals surface area (Å²) in [6.45, 7) is -0.114. The van der Waals surface area contributed by atoms with Crippen molar-refractivity contribution in [2.75, 3.05) is 11.9 Å². The highest BCUT2D eigenvalue weighted by Crippen LogP contribution is 2.19. The Kier molecular flexibility index (Phi) is 7.01. The fourth-order valence-electron chi connectivity index (χ4n) is 3.18. The number of para-hydroxylation sites is 1. The van der Waals surface area contributed by atoms with Gasteiger partial charge in [-0.1, -0.05) is 43.2 Å². The zero-order valence-corrected chi connectivity index (χ0v) is 16.1. The Balaban J connectivity index is 1.53. The van der Waals surface area contributed by atoms with Gasteiger partial charge in [0.2, 0.25) is 0 Å². The average Bonchev–Trinajstić information content (AvgIpc) is 3.25. The summed E-state index contributed by atoms with van der Waals surface area (Å²) in [5.74, 6) is -0.0629. The molecule has 2 N–H and O–H groups in total. The largest absolute Gasteiger partial charge is 0.484 e. The van der Waals surface area contributed by atoms with Crippen LogP contribution in [-0.4, -0.2) is 24.5 Å². The molecule has 2 amide bonds. The average molecular weight is 389 g/mol. The minimum Gasteiger partial charge on any atom is -0.484 e. The fraction of sp³-hybridized carbons (Fsp3) is 0.261. The molecule has 2 aromatic rings. The minimum atomic E-state index is -0.336. The van der Waals surface area contributed by atoms with E-state index in [0.717, 1.165) is 25.7 Å². The number of nitrogens with zero attached hydrogens (tertiary/aromatic N) is 1. The topological polar surface area (TPSA) is 91.2 Å². The number of benzene rings is 2. The molecule has 0 atom stereocenters. The van der Waals surface area contributed by atoms with Crippen molar-refractivity contribution < 1.29 is 14.3 Å². The van der Waals surface area contributed by atoms with Gasteiger partial charge in [0, 0.05) is 11.7 Å². The Bertz CT molecular complexity index is 909. The third-order valence-electron chi connectivity index (χ3n) is 4.67. The molecule has 0 heterocycles. The van der Waals surface area contributed by atoms with Gasteiger partial charge < -0.3 is 15.4 Å². The van der Waals surface area contributed by atoms with Crippen LogP contribution in [-0.2, 0) is 9.59 Å². The normalized spacial score (nSPS) is 14.1. The quantitative estimate of drug-likeness (QED) is 0.558. The summed E-state index contributed by atoms with van der Waals surface area (Å²) in [6.07, 6.45) is 5.71. The summed E-state index contributed by atoms with van der Waals surface area (Å²) in [5.41, 5.74) is 1.50. The third-order valence-corrected chi connectivity index (χ3v) is 4.67. The van der Waals surface area contributed by atoms with Crippen molar-refractivity contribution in [3.8, 4) is 11.8 Å². The number of nitrogens with one attached hydrogen (secondary N) is 2. The van der Waals surface area contributed by atoms with Gasteiger partial charge >= 0.3 is 0 Å². The summed E-state index contributed by atoms with van der Waals surface area (Å²) < 4.78 is 5.49. The van der Waals surface area contributed by atoms with Gasteiger partial charge in [-0.3, -0.25) is 9.59 Å². The van der Waals surface area contributed by atoms with Crippen molar-refractivity contribution in [2.24, 2.45) is 0 Å². The van der Waals surface area contributed by atoms with Gasteiger partial charge in [-0.05, 0) is 48.7 Å². The number of nitriles is 1. The van der Waals surface area contributed by atoms with Gasteiger partial charge in [-0.15, -0.1) is 0 Å². The summed E-state index contributed by atoms with van der Waals surface area (Å²) in [5, 5.41) is 15.0. The van der Waals surface area contributed by atoms with E-state index >= 15 is 0 Å². The van der Waals surface area contributed by atoms with E-state index < -0.39 is 0 Å². The van der Waals surface area contributed by atoms with Crippen LogP contribution in [0.4, 0.5) is 5.69 Å². The first-order valence-electron chi connectivity index (χ1n) is 9.64. The highest BCUT2D eigenvalue weighted by Gasteiger charge is 2.19. The highest BCUT2D eigenvalue weighted by molar-refractivity contribution is 6.01. The molecule has 1 aliphatic carbocycles. The fourth-order valence-corrected chi connectivity index (χ4v) is 3.18. The molecule has 2 aromatic carbocycles. The monoisotopic (exact) mass is 389 g/mol. The molecule has 0 unspecified atom stereocenters. The van der Waals surface area contributed by atoms with Crippen LogP contribution in [0.1, 0.15) is 31.2 Å². The van der Waals surface area contributed by atoms with Crippen molar-refractivity contribution >= 4 is 23.6 Å². The number of carbonyl (C=O) groups excluding carboxylic acids is 2. The summed E-state index contributed by atoms with van der Waals surface area (Å²) in [6, 6.07) is 18.2. The molecule has 1 aliphatic rings. The molecule has 0 radical (unpaired) electrons. The predicted molar refractivity (Wildman–Crippen MR) is 111 cm³/mol. The summed E-state index contributed by atoms with van der Waals surface area (Å²) >= 11 is 0. The van der Waals surface area contributed by atoms with E-state index in [1.54, 1.807) is 42.5 Å². The molecule has 148 valence electrons. The van der Waals surface area contributed by atoms with Crippen molar-refractivity contribution in [2.45, 2.75) is 31.7 Å². The van der Waals surface area contributed by atoms with E-state index in [0.29, 0.717) is 17.0 Å². The van der Waals surface area contributed by atoms with Crippen LogP contribution >= 0.6 is 0 Å². The zero-order valence-electron chi connectivity index (χ0n) is 16.1. The number of ether oxygens (including phenoxy) is 1. The Morgan fingerprint density at radius 2 is 1.76 bits per heavy atom. The molecule has 1 fully saturated rings. The first-order chi connectivity index (χ1) is 14.1. The van der Waals surface area contributed by atoms with Gasteiger partial charge in [-0.2, -0.15) is 5.26 Å². The van der Waals surface area contributed by atoms with E-state index in [1.807, 2.05) is 24.3 Å². The Morgan fingerprint density at radius 3 is 2.41 bits per heavy atom. The van der Waals surface area contributed by atoms with Gasteiger partial charge in [0.1, 0.15) is 17.4 Å². The second-order valence-corrected chi connectivity index (χ2v) is 6.90. The maximum absolute atomic E-state index is 12.3. The molecule has 0 aliphatic heterocycles. The number of anilines is 1. The van der Waals surface area contributed by atoms with Gasteiger partial charge in [0.15, 0.2) is 6.61 Å². The Hall–Kier alpha value is -3.59. The maximum Gasteiger partial charge on any atom is 0.262 e. The molecule has 6 heteroatoms. The summed E-state index contributed by atoms with van der Waals surface area (Å²) in [7, 11) is 0. The molecule has 29 heavy (non-hydrogen) atoms. The van der Waals surface area contributed by atoms with E-state index in [2.05, 4.69) is 10.6 Å². The lowest BCUT2D eigenvalue weighted by molar-refractivity contribution is -0.118. The second-order valence-electron chi connectivity index (χ2n) is 6.90. The molecule has 3 rings (SSSR count). The highest BCUT2D eigenvalue weighted by atomic mass is 16.5. The lowest BCUT2D eigenvalue weighted by Gasteiger charge is -2.11. The molecule has 1 saturated carbocycles. The first-order valence-corrected chi connectivity index (χ1v) is 9.64. The second kappa shape index (κ2) is 10.1. The molecular weight excluding hydrogens is 366 g/mol. The van der Waals surface area contributed by atoms with Crippen molar-refractivity contribution in [3.05, 3.63) is 65.7 Å². The Morgan fingerprint density at radius 1 is 1.07 bits per heavy atom. The maximum atomic E-state index is 12.3. The molecule has 6 nitrogen and oxygen atoms in total. The van der Waals surface area contributed by atoms with E-state index in [-0.39, 0.29) is 30.0 Å². The number of hydrogen-bond acceptors (Lipinski definition) is 4. The summed E-state index contributed by atoms with van der Waals surface area (Å²) in [4.78, 5) is 24.2. The number of rotatable bonds is 7. The van der Waals surface area contributed by atoms with E-state index in [9.17, 15) is 14.9 Å². The lowest BCUT2D eigenvalue weighted by atomic mass is 10.1. The van der Waals surface area contributed by atoms with Crippen LogP contribution in [0.25, 0.3) is 6.08 Å². The zero-order chi connectivity index (χ0) is 20.5. The third kappa shape index (κ3) is 6.22. The lowest BCUT2D eigenvalue weighted by Crippen LogP contribution is -2.33. The van der Waals surface area contributed by atoms with Crippen molar-refractivity contribution in [1.82, 2.24) is 5.32 Å². The number of hydrogen-bond donors (Lipinski definition) is 2. The SMILES string of the molecule is N#C/C(=C/c1ccc(OCC(=O)Nc2ccccc2)cc1)C(=O)NC1CCCC1. The smallest absolute Gasteiger partial charge is 0.262 e. The van der Waals surface area contributed by atoms with Crippen LogP contribution in [0.15, 0.2) is 60.2 Å². The van der Waals surface area contributed by atoms with Gasteiger partial charge in [-0.25, -0.2) is 0 Å². The van der Waals surface area contributed by atoms with Crippen LogP contribution in [0.3, 0.4) is 0 Å². The first kappa shape index (κ1) is 20.2. The number of carbonyl (C=O) groups is 2. The van der Waals surface area contributed by atoms with Crippen LogP contribution in [0.2, 0.25) is 0 Å². The Labute approximate surface area is 170 Å². The van der Waals surface area contributed by atoms with Crippen LogP contribution in [0.5, 0.6) is 5.75 Å². The van der Waals surface area contributed by atoms with Crippen LogP contribution < -0.4 is 15.4 Å². The molecule has 0 aromatic heterocycles. The standard InChI is InChI=1S/C23H23N3O3/c24-15-18(23(28)26-20-8-4-5-9-20)14-17-10-12-21(13-11-17)29-16-22(27)25-19-6-2-1-3-7-19/h1-3,6-7,10-14,20H,4-5,8-9,16H2,(H,25,27)(H,26,28)/b18-14-. The van der Waals surface area contributed by atoms with Gasteiger partial charge in [0.05, 0.1) is 0 Å². The van der Waals surface area contributed by atoms with E-state index in [1.165, 1.54) is 0 Å². The van der Waals surface area contributed by atoms with Crippen molar-refractivity contribution in [1.29, 1.82) is 5.26 Å².